The molecule has 1 aliphatic rings. The van der Waals surface area contributed by atoms with E-state index in [9.17, 15) is 23.5 Å². The van der Waals surface area contributed by atoms with Gasteiger partial charge in [0.25, 0.3) is 5.78 Å². The van der Waals surface area contributed by atoms with Crippen LogP contribution < -0.4 is 4.90 Å². The van der Waals surface area contributed by atoms with Gasteiger partial charge in [-0.05, 0) is 48.4 Å². The van der Waals surface area contributed by atoms with Crippen molar-refractivity contribution in [3.8, 4) is 0 Å². The fourth-order valence-electron chi connectivity index (χ4n) is 3.24. The highest BCUT2D eigenvalue weighted by molar-refractivity contribution is 7.15. The number of nitrogens with zero attached hydrogens (tertiary/aromatic N) is 3. The van der Waals surface area contributed by atoms with E-state index >= 15 is 0 Å². The summed E-state index contributed by atoms with van der Waals surface area (Å²) in [6, 6.07) is 9.10. The molecule has 1 aliphatic heterocycles. The van der Waals surface area contributed by atoms with E-state index in [1.807, 2.05) is 6.92 Å². The molecular formula is C21H15F2N3O3S. The van der Waals surface area contributed by atoms with E-state index < -0.39 is 35.1 Å². The van der Waals surface area contributed by atoms with Crippen LogP contribution in [-0.2, 0) is 16.0 Å². The molecule has 6 nitrogen and oxygen atoms in total. The predicted molar refractivity (Wildman–Crippen MR) is 107 cm³/mol. The fourth-order valence-corrected chi connectivity index (χ4v) is 4.04. The van der Waals surface area contributed by atoms with Crippen molar-refractivity contribution in [2.75, 3.05) is 4.90 Å². The number of carbonyl (C=O) groups is 2. The summed E-state index contributed by atoms with van der Waals surface area (Å²) in [5.41, 5.74) is 0.395. The second-order valence-electron chi connectivity index (χ2n) is 6.56. The summed E-state index contributed by atoms with van der Waals surface area (Å²) in [7, 11) is 0. The Morgan fingerprint density at radius 2 is 1.63 bits per heavy atom. The number of hydrogen-bond donors (Lipinski definition) is 1. The van der Waals surface area contributed by atoms with Crippen molar-refractivity contribution in [1.29, 1.82) is 0 Å². The van der Waals surface area contributed by atoms with Crippen LogP contribution in [0.2, 0.25) is 0 Å². The minimum atomic E-state index is -1.03. The van der Waals surface area contributed by atoms with Gasteiger partial charge in [-0.1, -0.05) is 30.4 Å². The number of benzene rings is 2. The van der Waals surface area contributed by atoms with E-state index in [1.54, 1.807) is 0 Å². The van der Waals surface area contributed by atoms with Crippen molar-refractivity contribution in [2.24, 2.45) is 0 Å². The van der Waals surface area contributed by atoms with E-state index in [0.717, 1.165) is 28.4 Å². The summed E-state index contributed by atoms with van der Waals surface area (Å²) in [5, 5.41) is 19.7. The quantitative estimate of drug-likeness (QED) is 0.387. The first-order valence-electron chi connectivity index (χ1n) is 9.05. The normalized spacial score (nSPS) is 18.2. The molecule has 2 aromatic carbocycles. The highest BCUT2D eigenvalue weighted by Crippen LogP contribution is 2.42. The molecule has 4 rings (SSSR count). The summed E-state index contributed by atoms with van der Waals surface area (Å²) in [5.74, 6) is -3.25. The van der Waals surface area contributed by atoms with Gasteiger partial charge in [-0.2, -0.15) is 0 Å². The van der Waals surface area contributed by atoms with E-state index in [0.29, 0.717) is 17.0 Å². The first kappa shape index (κ1) is 19.8. The number of ketones is 1. The van der Waals surface area contributed by atoms with E-state index in [2.05, 4.69) is 10.2 Å². The summed E-state index contributed by atoms with van der Waals surface area (Å²) in [4.78, 5) is 26.9. The van der Waals surface area contributed by atoms with Gasteiger partial charge in [-0.15, -0.1) is 10.2 Å². The van der Waals surface area contributed by atoms with E-state index in [4.69, 9.17) is 0 Å². The molecule has 0 bridgehead atoms. The smallest absolute Gasteiger partial charge is 0.301 e. The van der Waals surface area contributed by atoms with Crippen LogP contribution in [0.4, 0.5) is 13.9 Å². The SMILES string of the molecule is CCc1nnc(N2C(=O)C(=O)/C(=C(/O)c3ccc(F)cc3)C2c2ccc(F)cc2)s1. The van der Waals surface area contributed by atoms with Gasteiger partial charge < -0.3 is 5.11 Å². The first-order chi connectivity index (χ1) is 14.4. The Hall–Kier alpha value is -3.46. The lowest BCUT2D eigenvalue weighted by molar-refractivity contribution is -0.132. The first-order valence-corrected chi connectivity index (χ1v) is 9.87. The molecule has 1 saturated heterocycles. The van der Waals surface area contributed by atoms with Gasteiger partial charge >= 0.3 is 5.91 Å². The molecule has 1 unspecified atom stereocenters. The number of aliphatic hydroxyl groups is 1. The van der Waals surface area contributed by atoms with Crippen LogP contribution in [0.1, 0.15) is 29.1 Å². The van der Waals surface area contributed by atoms with Gasteiger partial charge in [0.05, 0.1) is 11.6 Å². The van der Waals surface area contributed by atoms with Gasteiger partial charge in [-0.3, -0.25) is 14.5 Å². The fraction of sp³-hybridized carbons (Fsp3) is 0.143. The summed E-state index contributed by atoms with van der Waals surface area (Å²) >= 11 is 1.15. The number of amides is 1. The summed E-state index contributed by atoms with van der Waals surface area (Å²) in [6.45, 7) is 1.88. The highest BCUT2D eigenvalue weighted by Gasteiger charge is 2.48. The van der Waals surface area contributed by atoms with E-state index in [-0.39, 0.29) is 16.3 Å². The van der Waals surface area contributed by atoms with Gasteiger partial charge in [0, 0.05) is 5.56 Å². The average Bonchev–Trinajstić information content (AvgIpc) is 3.31. The van der Waals surface area contributed by atoms with E-state index in [1.165, 1.54) is 36.4 Å². The Morgan fingerprint density at radius 3 is 2.20 bits per heavy atom. The number of aromatic nitrogens is 2. The molecule has 1 fully saturated rings. The lowest BCUT2D eigenvalue weighted by Gasteiger charge is -2.22. The van der Waals surface area contributed by atoms with Gasteiger partial charge in [-0.25, -0.2) is 8.78 Å². The third-order valence-electron chi connectivity index (χ3n) is 4.71. The monoisotopic (exact) mass is 427 g/mol. The van der Waals surface area contributed by atoms with Crippen molar-refractivity contribution >= 4 is 33.9 Å². The minimum absolute atomic E-state index is 0.174. The minimum Gasteiger partial charge on any atom is -0.507 e. The van der Waals surface area contributed by atoms with Crippen LogP contribution in [0.15, 0.2) is 54.1 Å². The van der Waals surface area contributed by atoms with Crippen molar-refractivity contribution in [3.63, 3.8) is 0 Å². The van der Waals surface area contributed by atoms with Crippen LogP contribution in [0.5, 0.6) is 0 Å². The third kappa shape index (κ3) is 3.37. The Balaban J connectivity index is 1.92. The number of aliphatic hydroxyl groups excluding tert-OH is 1. The molecule has 0 aliphatic carbocycles. The van der Waals surface area contributed by atoms with Crippen LogP contribution in [0.3, 0.4) is 0 Å². The molecule has 0 spiro atoms. The lowest BCUT2D eigenvalue weighted by atomic mass is 9.95. The maximum atomic E-state index is 13.5. The van der Waals surface area contributed by atoms with Crippen LogP contribution in [0, 0.1) is 11.6 Å². The number of rotatable bonds is 4. The maximum absolute atomic E-state index is 13.5. The molecule has 0 radical (unpaired) electrons. The summed E-state index contributed by atoms with van der Waals surface area (Å²) < 4.78 is 26.8. The zero-order valence-corrected chi connectivity index (χ0v) is 16.5. The molecule has 152 valence electrons. The molecule has 0 saturated carbocycles. The maximum Gasteiger partial charge on any atom is 0.301 e. The van der Waals surface area contributed by atoms with Crippen molar-refractivity contribution in [1.82, 2.24) is 10.2 Å². The van der Waals surface area contributed by atoms with Gasteiger partial charge in [0.1, 0.15) is 22.4 Å². The van der Waals surface area contributed by atoms with Crippen LogP contribution >= 0.6 is 11.3 Å². The Bertz CT molecular complexity index is 1160. The summed E-state index contributed by atoms with van der Waals surface area (Å²) in [6.07, 6.45) is 0.596. The van der Waals surface area contributed by atoms with Crippen LogP contribution in [0.25, 0.3) is 5.76 Å². The van der Waals surface area contributed by atoms with Gasteiger partial charge in [0.15, 0.2) is 0 Å². The van der Waals surface area contributed by atoms with Crippen LogP contribution in [-0.4, -0.2) is 27.0 Å². The molecule has 1 aromatic heterocycles. The average molecular weight is 427 g/mol. The zero-order valence-electron chi connectivity index (χ0n) is 15.7. The second kappa shape index (κ2) is 7.75. The Labute approximate surface area is 174 Å². The number of carbonyl (C=O) groups excluding carboxylic acids is 2. The molecule has 1 amide bonds. The zero-order chi connectivity index (χ0) is 21.4. The van der Waals surface area contributed by atoms with Crippen molar-refractivity contribution < 1.29 is 23.5 Å². The predicted octanol–water partition coefficient (Wildman–Crippen LogP) is 4.01. The Kier molecular flexibility index (Phi) is 5.13. The second-order valence-corrected chi connectivity index (χ2v) is 7.60. The Morgan fingerprint density at radius 1 is 1.03 bits per heavy atom. The topological polar surface area (TPSA) is 83.4 Å². The number of Topliss-reactive ketones (excluding diaryl/α,β-unsaturated/α-hetero) is 1. The molecule has 30 heavy (non-hydrogen) atoms. The number of hydrogen-bond acceptors (Lipinski definition) is 6. The molecule has 9 heteroatoms. The van der Waals surface area contributed by atoms with Crippen molar-refractivity contribution in [2.45, 2.75) is 19.4 Å². The molecule has 1 N–H and O–H groups in total. The molecule has 3 aromatic rings. The van der Waals surface area contributed by atoms with Crippen molar-refractivity contribution in [3.05, 3.63) is 81.9 Å². The largest absolute Gasteiger partial charge is 0.507 e. The third-order valence-corrected chi connectivity index (χ3v) is 5.78. The highest BCUT2D eigenvalue weighted by atomic mass is 32.1. The van der Waals surface area contributed by atoms with Gasteiger partial charge in [0.2, 0.25) is 5.13 Å². The number of aryl methyl sites for hydroxylation is 1. The number of anilines is 1. The standard InChI is InChI=1S/C21H15F2N3O3S/c1-2-15-24-25-21(30-15)26-17(11-3-7-13(22)8-4-11)16(19(28)20(26)29)18(27)12-5-9-14(23)10-6-12/h3-10,17,27H,2H2,1H3/b18-16+. The lowest BCUT2D eigenvalue weighted by Crippen LogP contribution is -2.29. The molecule has 2 heterocycles. The molecular weight excluding hydrogens is 412 g/mol. The number of halogens is 2. The molecule has 1 atom stereocenters.